The van der Waals surface area contributed by atoms with Gasteiger partial charge in [0.05, 0.1) is 28.8 Å². The summed E-state index contributed by atoms with van der Waals surface area (Å²) in [4.78, 5) is 50.7. The van der Waals surface area contributed by atoms with Crippen LogP contribution in [0.1, 0.15) is 64.1 Å². The van der Waals surface area contributed by atoms with Crippen LogP contribution in [0.5, 0.6) is 5.75 Å². The van der Waals surface area contributed by atoms with E-state index in [1.165, 1.54) is 9.80 Å². The summed E-state index contributed by atoms with van der Waals surface area (Å²) in [6.07, 6.45) is 1.25. The van der Waals surface area contributed by atoms with E-state index >= 15 is 0 Å². The van der Waals surface area contributed by atoms with Crippen LogP contribution in [0.2, 0.25) is 0 Å². The zero-order chi connectivity index (χ0) is 39.3. The number of thiazole rings is 1. The van der Waals surface area contributed by atoms with E-state index in [1.807, 2.05) is 48.8 Å². The number of rotatable bonds is 17. The van der Waals surface area contributed by atoms with Crippen LogP contribution in [0, 0.1) is 18.3 Å². The minimum absolute atomic E-state index is 0.0549. The molecule has 2 aromatic carbocycles. The second kappa shape index (κ2) is 17.7. The Kier molecular flexibility index (Phi) is 13.2. The van der Waals surface area contributed by atoms with E-state index in [0.717, 1.165) is 59.9 Å². The minimum Gasteiger partial charge on any atom is -0.493 e. The average Bonchev–Trinajstić information content (AvgIpc) is 3.55. The number of carbonyl (C=O) groups excluding carboxylic acids is 3. The molecule has 0 spiro atoms. The molecule has 2 saturated heterocycles. The second-order valence-electron chi connectivity index (χ2n) is 16.4. The van der Waals surface area contributed by atoms with Crippen molar-refractivity contribution >= 4 is 40.8 Å². The highest BCUT2D eigenvalue weighted by Gasteiger charge is 2.53. The fourth-order valence-corrected chi connectivity index (χ4v) is 8.83. The molecule has 3 aromatic rings. The summed E-state index contributed by atoms with van der Waals surface area (Å²) in [6.45, 7) is 10.9. The molecule has 4 atom stereocenters. The first-order valence-corrected chi connectivity index (χ1v) is 21.1. The van der Waals surface area contributed by atoms with Crippen molar-refractivity contribution in [1.29, 1.82) is 0 Å². The van der Waals surface area contributed by atoms with Crippen molar-refractivity contribution in [3.05, 3.63) is 65.3 Å². The molecule has 1 aliphatic carbocycles. The maximum absolute atomic E-state index is 14.6. The molecule has 2 aliphatic heterocycles. The lowest BCUT2D eigenvalue weighted by atomic mass is 9.85. The topological polar surface area (TPSA) is 150 Å². The quantitative estimate of drug-likeness (QED) is 0.140. The van der Waals surface area contributed by atoms with Gasteiger partial charge in [0.2, 0.25) is 11.8 Å². The first-order valence-electron chi connectivity index (χ1n) is 19.3. The number of ether oxygens (including phenoxy) is 1. The molecule has 55 heavy (non-hydrogen) atoms. The fraction of sp³-hybridized carbons (Fsp3) is 0.561. The molecule has 3 fully saturated rings. The first kappa shape index (κ1) is 41.1. The molecule has 1 saturated carbocycles. The second-order valence-corrected chi connectivity index (χ2v) is 18.3. The van der Waals surface area contributed by atoms with Crippen molar-refractivity contribution in [1.82, 2.24) is 25.4 Å². The number of nitrogens with zero attached hydrogens (tertiary/aromatic N) is 3. The zero-order valence-corrected chi connectivity index (χ0v) is 33.9. The molecule has 11 nitrogen and oxygen atoms in total. The normalized spacial score (nSPS) is 20.7. The number of aliphatic hydroxyl groups excluding tert-OH is 1. The summed E-state index contributed by atoms with van der Waals surface area (Å²) in [6, 6.07) is 14.4. The Hall–Kier alpha value is -3.56. The van der Waals surface area contributed by atoms with E-state index in [1.54, 1.807) is 43.9 Å². The molecule has 0 radical (unpaired) electrons. The number of nitrogens with one attached hydrogen (secondary N) is 2. The highest BCUT2D eigenvalue weighted by molar-refractivity contribution is 7.99. The van der Waals surface area contributed by atoms with Crippen LogP contribution < -0.4 is 21.1 Å². The van der Waals surface area contributed by atoms with Crippen LogP contribution in [0.4, 0.5) is 4.39 Å². The van der Waals surface area contributed by atoms with Gasteiger partial charge in [-0.05, 0) is 74.2 Å². The van der Waals surface area contributed by atoms with Gasteiger partial charge in [-0.3, -0.25) is 14.4 Å². The van der Waals surface area contributed by atoms with Crippen molar-refractivity contribution < 1.29 is 28.6 Å². The lowest BCUT2D eigenvalue weighted by Crippen LogP contribution is -2.59. The lowest BCUT2D eigenvalue weighted by molar-refractivity contribution is -0.145. The monoisotopic (exact) mass is 794 g/mol. The number of aliphatic hydroxyl groups is 1. The molecule has 5 N–H and O–H groups in total. The highest BCUT2D eigenvalue weighted by Crippen LogP contribution is 2.40. The number of aromatic nitrogens is 1. The Labute approximate surface area is 332 Å². The van der Waals surface area contributed by atoms with Gasteiger partial charge >= 0.3 is 0 Å². The van der Waals surface area contributed by atoms with E-state index in [2.05, 4.69) is 32.7 Å². The largest absolute Gasteiger partial charge is 0.493 e. The number of alkyl halides is 1. The number of hydrogen-bond acceptors (Lipinski definition) is 10. The minimum atomic E-state index is -1.95. The van der Waals surface area contributed by atoms with E-state index in [9.17, 15) is 23.9 Å². The standard InChI is InChI=1S/C41H55FN6O5S2/c1-26-35(55-25-45-26)28-10-11-29(34(18-28)53-17-13-27-21-47(22-27)16-12-30(43)24-54-32-8-6-5-7-9-32)20-44-37(50)33-19-31(49)23-48(33)38(51)36(40(2,3)4)46-39(52)41(42)14-15-41/h5-11,18,25,27,30-31,33,36,49H,12-17,19-24,43H2,1-4H3,(H,44,50)(H,46,52)/t30-,31-,33+,36-/m1/s1. The summed E-state index contributed by atoms with van der Waals surface area (Å²) < 4.78 is 21.0. The first-order chi connectivity index (χ1) is 26.2. The van der Waals surface area contributed by atoms with Gasteiger partial charge < -0.3 is 36.0 Å². The van der Waals surface area contributed by atoms with Crippen LogP contribution >= 0.6 is 23.1 Å². The number of carbonyl (C=O) groups is 3. The average molecular weight is 795 g/mol. The summed E-state index contributed by atoms with van der Waals surface area (Å²) in [7, 11) is 0. The Morgan fingerprint density at radius 3 is 2.56 bits per heavy atom. The predicted molar refractivity (Wildman–Crippen MR) is 215 cm³/mol. The Bertz CT molecular complexity index is 1790. The van der Waals surface area contributed by atoms with Crippen LogP contribution in [0.15, 0.2) is 58.9 Å². The number of amides is 3. The summed E-state index contributed by atoms with van der Waals surface area (Å²) in [5.41, 5.74) is 8.21. The van der Waals surface area contributed by atoms with Gasteiger partial charge in [-0.1, -0.05) is 51.1 Å². The molecule has 14 heteroatoms. The molecular weight excluding hydrogens is 740 g/mol. The van der Waals surface area contributed by atoms with Crippen molar-refractivity contribution in [3.63, 3.8) is 0 Å². The van der Waals surface area contributed by atoms with Crippen LogP contribution in [-0.2, 0) is 20.9 Å². The fourth-order valence-electron chi connectivity index (χ4n) is 7.10. The molecule has 0 unspecified atom stereocenters. The van der Waals surface area contributed by atoms with Crippen molar-refractivity contribution in [2.45, 2.75) is 101 Å². The third-order valence-electron chi connectivity index (χ3n) is 10.7. The molecular formula is C41H55FN6O5S2. The van der Waals surface area contributed by atoms with E-state index in [0.29, 0.717) is 18.3 Å². The van der Waals surface area contributed by atoms with E-state index in [4.69, 9.17) is 10.5 Å². The summed E-state index contributed by atoms with van der Waals surface area (Å²) in [5.74, 6) is 0.345. The lowest BCUT2D eigenvalue weighted by Gasteiger charge is -2.39. The Morgan fingerprint density at radius 2 is 1.89 bits per heavy atom. The number of likely N-dealkylation sites (tertiary alicyclic amines) is 2. The van der Waals surface area contributed by atoms with E-state index in [-0.39, 0.29) is 38.4 Å². The number of hydrogen-bond donors (Lipinski definition) is 4. The van der Waals surface area contributed by atoms with Gasteiger partial charge in [0.1, 0.15) is 17.8 Å². The van der Waals surface area contributed by atoms with Gasteiger partial charge in [-0.15, -0.1) is 23.1 Å². The summed E-state index contributed by atoms with van der Waals surface area (Å²) in [5, 5.41) is 16.2. The van der Waals surface area contributed by atoms with Crippen LogP contribution in [-0.4, -0.2) is 106 Å². The molecule has 6 rings (SSSR count). The molecule has 1 aromatic heterocycles. The molecule has 3 amide bonds. The highest BCUT2D eigenvalue weighted by atomic mass is 32.2. The Balaban J connectivity index is 1.03. The number of nitrogens with two attached hydrogens (primary N) is 1. The summed E-state index contributed by atoms with van der Waals surface area (Å²) >= 11 is 3.36. The number of β-amino-alcohol motifs (C(OH)–C–C–N with tert-alkyl or cyclic N) is 1. The smallest absolute Gasteiger partial charge is 0.258 e. The Morgan fingerprint density at radius 1 is 1.15 bits per heavy atom. The van der Waals surface area contributed by atoms with Gasteiger partial charge in [0, 0.05) is 54.9 Å². The molecule has 3 heterocycles. The maximum atomic E-state index is 14.6. The SMILES string of the molecule is Cc1ncsc1-c1ccc(CNC(=O)[C@@H]2C[C@@H](O)CN2C(=O)[C@@H](NC(=O)C2(F)CC2)C(C)(C)C)c(OCCC2CN(CC[C@@H](N)CSc3ccccc3)C2)c1. The van der Waals surface area contributed by atoms with Gasteiger partial charge in [0.15, 0.2) is 5.67 Å². The van der Waals surface area contributed by atoms with Crippen molar-refractivity contribution in [3.8, 4) is 16.2 Å². The van der Waals surface area contributed by atoms with Gasteiger partial charge in [0.25, 0.3) is 5.91 Å². The zero-order valence-electron chi connectivity index (χ0n) is 32.3. The number of thioether (sulfide) groups is 1. The number of halogens is 1. The number of aryl methyl sites for hydroxylation is 1. The van der Waals surface area contributed by atoms with Gasteiger partial charge in [-0.2, -0.15) is 0 Å². The van der Waals surface area contributed by atoms with Crippen molar-refractivity contribution in [2.24, 2.45) is 17.1 Å². The molecule has 298 valence electrons. The van der Waals surface area contributed by atoms with E-state index < -0.39 is 47.0 Å². The predicted octanol–water partition coefficient (Wildman–Crippen LogP) is 4.94. The van der Waals surface area contributed by atoms with Crippen LogP contribution in [0.3, 0.4) is 0 Å². The molecule has 0 bridgehead atoms. The van der Waals surface area contributed by atoms with Crippen LogP contribution in [0.25, 0.3) is 10.4 Å². The third-order valence-corrected chi connectivity index (χ3v) is 12.9. The maximum Gasteiger partial charge on any atom is 0.258 e. The van der Waals surface area contributed by atoms with Crippen molar-refractivity contribution in [2.75, 3.05) is 38.5 Å². The third kappa shape index (κ3) is 10.6. The van der Waals surface area contributed by atoms with Gasteiger partial charge in [-0.25, -0.2) is 9.37 Å². The molecule has 3 aliphatic rings. The number of benzene rings is 2.